The average molecular weight is 422 g/mol. The minimum Gasteiger partial charge on any atom is -0.508 e. The van der Waals surface area contributed by atoms with Crippen LogP contribution >= 0.6 is 0 Å². The van der Waals surface area contributed by atoms with Gasteiger partial charge in [0.1, 0.15) is 11.8 Å². The van der Waals surface area contributed by atoms with E-state index >= 15 is 0 Å². The number of likely N-dealkylation sites (tertiary alicyclic amines) is 1. The van der Waals surface area contributed by atoms with Crippen molar-refractivity contribution in [1.29, 1.82) is 0 Å². The van der Waals surface area contributed by atoms with Crippen molar-refractivity contribution in [1.82, 2.24) is 10.2 Å². The zero-order valence-corrected chi connectivity index (χ0v) is 18.4. The first-order valence-corrected chi connectivity index (χ1v) is 11.1. The Bertz CT molecular complexity index is 982. The fourth-order valence-electron chi connectivity index (χ4n) is 4.61. The van der Waals surface area contributed by atoms with Crippen molar-refractivity contribution in [3.8, 4) is 5.75 Å². The summed E-state index contributed by atoms with van der Waals surface area (Å²) in [5.41, 5.74) is 5.45. The molecule has 31 heavy (non-hydrogen) atoms. The number of phenolic OH excluding ortho intramolecular Hbond substituents is 1. The molecule has 4 rings (SSSR count). The molecule has 0 aliphatic carbocycles. The highest BCUT2D eigenvalue weighted by molar-refractivity contribution is 6.01. The third-order valence-electron chi connectivity index (χ3n) is 6.45. The molecule has 0 aromatic heterocycles. The van der Waals surface area contributed by atoms with Gasteiger partial charge >= 0.3 is 0 Å². The smallest absolute Gasteiger partial charge is 0.249 e. The number of hydrogen-bond donors (Lipinski definition) is 2. The number of nitrogens with zero attached hydrogens (tertiary/aromatic N) is 2. The van der Waals surface area contributed by atoms with Gasteiger partial charge in [-0.2, -0.15) is 0 Å². The summed E-state index contributed by atoms with van der Waals surface area (Å²) < 4.78 is 0. The monoisotopic (exact) mass is 421 g/mol. The number of amides is 2. The molecule has 2 aromatic rings. The molecule has 2 fully saturated rings. The highest BCUT2D eigenvalue weighted by Gasteiger charge is 2.30. The summed E-state index contributed by atoms with van der Waals surface area (Å²) in [5, 5.41) is 12.8. The van der Waals surface area contributed by atoms with Crippen molar-refractivity contribution in [2.75, 3.05) is 25.0 Å². The normalized spacial score (nSPS) is 18.9. The highest BCUT2D eigenvalue weighted by atomic mass is 16.3. The molecule has 1 atom stereocenters. The van der Waals surface area contributed by atoms with E-state index in [1.165, 1.54) is 42.6 Å². The van der Waals surface area contributed by atoms with Crippen molar-refractivity contribution in [3.63, 3.8) is 0 Å². The Morgan fingerprint density at radius 2 is 1.90 bits per heavy atom. The van der Waals surface area contributed by atoms with Crippen molar-refractivity contribution >= 4 is 17.5 Å². The SMILES string of the molecule is Cc1cc(Cc2ccc(O)cc2N(C)C(=O)C2CCC(=O)N2)ccc1CN1CCCC1. The summed E-state index contributed by atoms with van der Waals surface area (Å²) in [6.45, 7) is 5.52. The Hall–Kier alpha value is -2.86. The molecule has 2 N–H and O–H groups in total. The Kier molecular flexibility index (Phi) is 6.28. The predicted octanol–water partition coefficient (Wildman–Crippen LogP) is 3.13. The lowest BCUT2D eigenvalue weighted by molar-refractivity contribution is -0.123. The molecule has 0 saturated carbocycles. The summed E-state index contributed by atoms with van der Waals surface area (Å²) in [6.07, 6.45) is 4.12. The van der Waals surface area contributed by atoms with E-state index in [4.69, 9.17) is 0 Å². The van der Waals surface area contributed by atoms with E-state index < -0.39 is 6.04 Å². The zero-order chi connectivity index (χ0) is 22.0. The molecule has 0 bridgehead atoms. The van der Waals surface area contributed by atoms with Gasteiger partial charge in [-0.3, -0.25) is 14.5 Å². The first-order valence-electron chi connectivity index (χ1n) is 11.1. The Morgan fingerprint density at radius 3 is 2.58 bits per heavy atom. The van der Waals surface area contributed by atoms with Crippen LogP contribution in [-0.4, -0.2) is 48.0 Å². The number of carbonyl (C=O) groups excluding carboxylic acids is 2. The molecule has 2 aromatic carbocycles. The van der Waals surface area contributed by atoms with Gasteiger partial charge < -0.3 is 15.3 Å². The summed E-state index contributed by atoms with van der Waals surface area (Å²) in [5.74, 6) is -0.131. The van der Waals surface area contributed by atoms with Crippen LogP contribution in [0.15, 0.2) is 36.4 Å². The topological polar surface area (TPSA) is 72.9 Å². The van der Waals surface area contributed by atoms with Gasteiger partial charge in [-0.05, 0) is 74.0 Å². The number of phenols is 1. The van der Waals surface area contributed by atoms with E-state index in [0.717, 1.165) is 12.1 Å². The molecule has 2 amide bonds. The Labute approximate surface area is 183 Å². The fourth-order valence-corrected chi connectivity index (χ4v) is 4.61. The Morgan fingerprint density at radius 1 is 1.16 bits per heavy atom. The van der Waals surface area contributed by atoms with Crippen molar-refractivity contribution in [2.45, 2.75) is 51.6 Å². The van der Waals surface area contributed by atoms with Crippen LogP contribution in [-0.2, 0) is 22.6 Å². The molecule has 6 heteroatoms. The zero-order valence-electron chi connectivity index (χ0n) is 18.4. The van der Waals surface area contributed by atoms with Gasteiger partial charge in [0.2, 0.25) is 11.8 Å². The number of aromatic hydroxyl groups is 1. The van der Waals surface area contributed by atoms with Crippen LogP contribution in [0.2, 0.25) is 0 Å². The van der Waals surface area contributed by atoms with Gasteiger partial charge in [-0.1, -0.05) is 24.3 Å². The predicted molar refractivity (Wildman–Crippen MR) is 121 cm³/mol. The van der Waals surface area contributed by atoms with Gasteiger partial charge in [0.15, 0.2) is 0 Å². The van der Waals surface area contributed by atoms with Crippen molar-refractivity contribution < 1.29 is 14.7 Å². The maximum absolute atomic E-state index is 12.9. The van der Waals surface area contributed by atoms with E-state index in [0.29, 0.717) is 24.9 Å². The lowest BCUT2D eigenvalue weighted by Crippen LogP contribution is -2.43. The second-order valence-electron chi connectivity index (χ2n) is 8.79. The number of carbonyl (C=O) groups is 2. The lowest BCUT2D eigenvalue weighted by atomic mass is 9.98. The molecule has 2 aliphatic heterocycles. The molecule has 1 unspecified atom stereocenters. The number of likely N-dealkylation sites (N-methyl/N-ethyl adjacent to an activating group) is 1. The van der Waals surface area contributed by atoms with Crippen LogP contribution < -0.4 is 10.2 Å². The first kappa shape index (κ1) is 21.4. The van der Waals surface area contributed by atoms with E-state index in [1.54, 1.807) is 24.1 Å². The highest BCUT2D eigenvalue weighted by Crippen LogP contribution is 2.29. The maximum Gasteiger partial charge on any atom is 0.249 e. The van der Waals surface area contributed by atoms with Crippen LogP contribution in [0.4, 0.5) is 5.69 Å². The number of nitrogens with one attached hydrogen (secondary N) is 1. The fraction of sp³-hybridized carbons (Fsp3) is 0.440. The molecule has 2 saturated heterocycles. The second kappa shape index (κ2) is 9.10. The van der Waals surface area contributed by atoms with E-state index in [9.17, 15) is 14.7 Å². The molecular weight excluding hydrogens is 390 g/mol. The standard InChI is InChI=1S/C25H31N3O3/c1-17-13-18(5-6-20(17)16-28-11-3-4-12-28)14-19-7-8-21(29)15-23(19)27(2)25(31)22-9-10-24(30)26-22/h5-8,13,15,22,29H,3-4,9-12,14,16H2,1-2H3,(H,26,30). The van der Waals surface area contributed by atoms with Crippen LogP contribution in [0.25, 0.3) is 0 Å². The molecule has 0 radical (unpaired) electrons. The van der Waals surface area contributed by atoms with Gasteiger partial charge in [0, 0.05) is 26.1 Å². The third kappa shape index (κ3) is 4.90. The van der Waals surface area contributed by atoms with Gasteiger partial charge in [0.25, 0.3) is 0 Å². The molecular formula is C25H31N3O3. The maximum atomic E-state index is 12.9. The van der Waals surface area contributed by atoms with Crippen LogP contribution in [0.1, 0.15) is 47.9 Å². The van der Waals surface area contributed by atoms with Crippen LogP contribution in [0, 0.1) is 6.92 Å². The number of anilines is 1. The molecule has 164 valence electrons. The number of hydrogen-bond acceptors (Lipinski definition) is 4. The largest absolute Gasteiger partial charge is 0.508 e. The second-order valence-corrected chi connectivity index (χ2v) is 8.79. The van der Waals surface area contributed by atoms with Gasteiger partial charge in [0.05, 0.1) is 5.69 Å². The van der Waals surface area contributed by atoms with E-state index in [1.807, 2.05) is 6.07 Å². The third-order valence-corrected chi connectivity index (χ3v) is 6.45. The summed E-state index contributed by atoms with van der Waals surface area (Å²) >= 11 is 0. The minimum atomic E-state index is -0.500. The summed E-state index contributed by atoms with van der Waals surface area (Å²) in [7, 11) is 1.70. The molecule has 0 spiro atoms. The minimum absolute atomic E-state index is 0.0904. The lowest BCUT2D eigenvalue weighted by Gasteiger charge is -2.24. The molecule has 6 nitrogen and oxygen atoms in total. The average Bonchev–Trinajstić information content (AvgIpc) is 3.42. The summed E-state index contributed by atoms with van der Waals surface area (Å²) in [6, 6.07) is 11.2. The number of aryl methyl sites for hydroxylation is 1. The van der Waals surface area contributed by atoms with Crippen LogP contribution in [0.5, 0.6) is 5.75 Å². The number of rotatable bonds is 6. The van der Waals surface area contributed by atoms with Crippen LogP contribution in [0.3, 0.4) is 0 Å². The number of benzene rings is 2. The first-order chi connectivity index (χ1) is 14.9. The molecule has 2 aliphatic rings. The van der Waals surface area contributed by atoms with Gasteiger partial charge in [-0.25, -0.2) is 0 Å². The summed E-state index contributed by atoms with van der Waals surface area (Å²) in [4.78, 5) is 28.5. The quantitative estimate of drug-likeness (QED) is 0.752. The molecule has 2 heterocycles. The Balaban J connectivity index is 1.52. The van der Waals surface area contributed by atoms with E-state index in [2.05, 4.69) is 35.3 Å². The van der Waals surface area contributed by atoms with Crippen molar-refractivity contribution in [2.24, 2.45) is 0 Å². The van der Waals surface area contributed by atoms with Crippen molar-refractivity contribution in [3.05, 3.63) is 58.7 Å². The van der Waals surface area contributed by atoms with E-state index in [-0.39, 0.29) is 17.6 Å². The van der Waals surface area contributed by atoms with Gasteiger partial charge in [-0.15, -0.1) is 0 Å².